The van der Waals surface area contributed by atoms with Gasteiger partial charge < -0.3 is 0 Å². The summed E-state index contributed by atoms with van der Waals surface area (Å²) < 4.78 is 22.8. The monoisotopic (exact) mass is 206 g/mol. The zero-order chi connectivity index (χ0) is 10.9. The van der Waals surface area contributed by atoms with Crippen LogP contribution in [0, 0.1) is 5.41 Å². The normalized spacial score (nSPS) is 14.6. The fourth-order valence-corrected chi connectivity index (χ4v) is 3.21. The first-order valence-corrected chi connectivity index (χ1v) is 6.39. The van der Waals surface area contributed by atoms with Gasteiger partial charge >= 0.3 is 0 Å². The smallest absolute Gasteiger partial charge is 0.155 e. The molecule has 0 rings (SSSR count). The molecule has 0 bridgehead atoms. The van der Waals surface area contributed by atoms with Gasteiger partial charge in [0, 0.05) is 5.75 Å². The van der Waals surface area contributed by atoms with Crippen molar-refractivity contribution in [2.45, 2.75) is 52.7 Å². The molecule has 0 aromatic rings. The van der Waals surface area contributed by atoms with Gasteiger partial charge in [0.2, 0.25) is 0 Å². The minimum atomic E-state index is -2.93. The SMILES string of the molecule is CCS(=O)(=O)C(C)(C)CC(C)(C)C. The summed E-state index contributed by atoms with van der Waals surface area (Å²) in [5.74, 6) is 0.232. The molecule has 13 heavy (non-hydrogen) atoms. The van der Waals surface area contributed by atoms with E-state index < -0.39 is 14.6 Å². The first-order valence-electron chi connectivity index (χ1n) is 4.74. The molecule has 0 aromatic heterocycles. The molecule has 0 atom stereocenters. The predicted octanol–water partition coefficient (Wildman–Crippen LogP) is 2.64. The standard InChI is InChI=1S/C10H22O2S/c1-7-13(11,12)10(5,6)8-9(2,3)4/h7-8H2,1-6H3. The highest BCUT2D eigenvalue weighted by Crippen LogP contribution is 2.32. The van der Waals surface area contributed by atoms with Gasteiger partial charge in [-0.25, -0.2) is 8.42 Å². The zero-order valence-corrected chi connectivity index (χ0v) is 10.5. The van der Waals surface area contributed by atoms with E-state index in [0.29, 0.717) is 6.42 Å². The Hall–Kier alpha value is -0.0500. The number of hydrogen-bond donors (Lipinski definition) is 0. The van der Waals surface area contributed by atoms with E-state index in [9.17, 15) is 8.42 Å². The van der Waals surface area contributed by atoms with Crippen LogP contribution in [-0.2, 0) is 9.84 Å². The summed E-state index contributed by atoms with van der Waals surface area (Å²) in [4.78, 5) is 0. The second-order valence-corrected chi connectivity index (χ2v) is 8.31. The van der Waals surface area contributed by atoms with Gasteiger partial charge in [0.25, 0.3) is 0 Å². The molecule has 0 fully saturated rings. The number of hydrogen-bond acceptors (Lipinski definition) is 2. The summed E-state index contributed by atoms with van der Waals surface area (Å²) in [6.07, 6.45) is 0.705. The van der Waals surface area contributed by atoms with Crippen molar-refractivity contribution >= 4 is 9.84 Å². The summed E-state index contributed by atoms with van der Waals surface area (Å²) in [5.41, 5.74) is 0.0613. The second kappa shape index (κ2) is 3.60. The third-order valence-corrected chi connectivity index (χ3v) is 4.77. The first-order chi connectivity index (χ1) is 5.52. The van der Waals surface area contributed by atoms with Crippen molar-refractivity contribution in [3.8, 4) is 0 Å². The first kappa shape index (κ1) is 12.9. The minimum absolute atomic E-state index is 0.0613. The Balaban J connectivity index is 4.80. The lowest BCUT2D eigenvalue weighted by Gasteiger charge is -2.31. The van der Waals surface area contributed by atoms with Gasteiger partial charge in [0.1, 0.15) is 0 Å². The summed E-state index contributed by atoms with van der Waals surface area (Å²) in [5, 5.41) is 0. The molecule has 0 saturated carbocycles. The fraction of sp³-hybridized carbons (Fsp3) is 1.00. The van der Waals surface area contributed by atoms with E-state index in [0.717, 1.165) is 0 Å². The topological polar surface area (TPSA) is 34.1 Å². The van der Waals surface area contributed by atoms with Crippen LogP contribution < -0.4 is 0 Å². The highest BCUT2D eigenvalue weighted by atomic mass is 32.2. The van der Waals surface area contributed by atoms with Crippen LogP contribution in [0.3, 0.4) is 0 Å². The predicted molar refractivity (Wildman–Crippen MR) is 57.6 cm³/mol. The van der Waals surface area contributed by atoms with Gasteiger partial charge in [-0.1, -0.05) is 27.7 Å². The maximum Gasteiger partial charge on any atom is 0.155 e. The minimum Gasteiger partial charge on any atom is -0.228 e. The molecule has 3 heteroatoms. The molecular weight excluding hydrogens is 184 g/mol. The Labute approximate surface area is 82.6 Å². The average Bonchev–Trinajstić information content (AvgIpc) is 1.81. The molecular formula is C10H22O2S. The fourth-order valence-electron chi connectivity index (χ4n) is 1.78. The van der Waals surface area contributed by atoms with Gasteiger partial charge in [-0.2, -0.15) is 0 Å². The van der Waals surface area contributed by atoms with Crippen molar-refractivity contribution in [3.63, 3.8) is 0 Å². The van der Waals surface area contributed by atoms with Gasteiger partial charge in [-0.05, 0) is 25.7 Å². The molecule has 0 unspecified atom stereocenters. The average molecular weight is 206 g/mol. The van der Waals surface area contributed by atoms with Crippen molar-refractivity contribution in [2.24, 2.45) is 5.41 Å². The maximum absolute atomic E-state index is 11.7. The van der Waals surface area contributed by atoms with Gasteiger partial charge in [0.15, 0.2) is 9.84 Å². The van der Waals surface area contributed by atoms with Crippen molar-refractivity contribution in [2.75, 3.05) is 5.75 Å². The Morgan fingerprint density at radius 2 is 1.38 bits per heavy atom. The third kappa shape index (κ3) is 3.67. The van der Waals surface area contributed by atoms with E-state index >= 15 is 0 Å². The molecule has 0 amide bonds. The van der Waals surface area contributed by atoms with Crippen molar-refractivity contribution < 1.29 is 8.42 Å². The summed E-state index contributed by atoms with van der Waals surface area (Å²) in [7, 11) is -2.93. The number of rotatable bonds is 3. The van der Waals surface area contributed by atoms with Gasteiger partial charge in [0.05, 0.1) is 4.75 Å². The molecule has 0 saturated heterocycles. The van der Waals surface area contributed by atoms with Crippen LogP contribution in [-0.4, -0.2) is 18.9 Å². The molecule has 0 aromatic carbocycles. The van der Waals surface area contributed by atoms with E-state index in [1.807, 2.05) is 13.8 Å². The largest absolute Gasteiger partial charge is 0.228 e. The molecule has 0 spiro atoms. The van der Waals surface area contributed by atoms with Crippen molar-refractivity contribution in [1.29, 1.82) is 0 Å². The van der Waals surface area contributed by atoms with E-state index in [1.54, 1.807) is 6.92 Å². The lowest BCUT2D eigenvalue weighted by molar-refractivity contribution is 0.329. The molecule has 80 valence electrons. The van der Waals surface area contributed by atoms with Crippen LogP contribution in [0.5, 0.6) is 0 Å². The molecule has 0 N–H and O–H groups in total. The van der Waals surface area contributed by atoms with E-state index in [2.05, 4.69) is 20.8 Å². The Kier molecular flexibility index (Phi) is 3.59. The number of sulfone groups is 1. The van der Waals surface area contributed by atoms with Crippen LogP contribution in [0.25, 0.3) is 0 Å². The lowest BCUT2D eigenvalue weighted by atomic mass is 9.86. The van der Waals surface area contributed by atoms with E-state index in [4.69, 9.17) is 0 Å². The van der Waals surface area contributed by atoms with Crippen LogP contribution in [0.1, 0.15) is 48.0 Å². The zero-order valence-electron chi connectivity index (χ0n) is 9.64. The maximum atomic E-state index is 11.7. The van der Waals surface area contributed by atoms with Crippen LogP contribution in [0.4, 0.5) is 0 Å². The summed E-state index contributed by atoms with van der Waals surface area (Å²) in [6, 6.07) is 0. The summed E-state index contributed by atoms with van der Waals surface area (Å²) in [6.45, 7) is 11.5. The third-order valence-electron chi connectivity index (χ3n) is 2.18. The second-order valence-electron chi connectivity index (χ2n) is 5.40. The van der Waals surface area contributed by atoms with E-state index in [1.165, 1.54) is 0 Å². The van der Waals surface area contributed by atoms with Crippen LogP contribution in [0.15, 0.2) is 0 Å². The molecule has 0 aliphatic heterocycles. The summed E-state index contributed by atoms with van der Waals surface area (Å²) >= 11 is 0. The van der Waals surface area contributed by atoms with E-state index in [-0.39, 0.29) is 11.2 Å². The highest BCUT2D eigenvalue weighted by molar-refractivity contribution is 7.92. The van der Waals surface area contributed by atoms with Crippen molar-refractivity contribution in [1.82, 2.24) is 0 Å². The van der Waals surface area contributed by atoms with Gasteiger partial charge in [-0.15, -0.1) is 0 Å². The highest BCUT2D eigenvalue weighted by Gasteiger charge is 2.36. The molecule has 2 nitrogen and oxygen atoms in total. The molecule has 0 heterocycles. The molecule has 0 aliphatic carbocycles. The Bertz CT molecular complexity index is 255. The van der Waals surface area contributed by atoms with Gasteiger partial charge in [-0.3, -0.25) is 0 Å². The molecule has 0 radical (unpaired) electrons. The quantitative estimate of drug-likeness (QED) is 0.711. The Morgan fingerprint density at radius 1 is 1.00 bits per heavy atom. The molecule has 0 aliphatic rings. The van der Waals surface area contributed by atoms with Crippen molar-refractivity contribution in [3.05, 3.63) is 0 Å². The lowest BCUT2D eigenvalue weighted by Crippen LogP contribution is -2.37. The Morgan fingerprint density at radius 3 is 1.62 bits per heavy atom. The van der Waals surface area contributed by atoms with Crippen LogP contribution >= 0.6 is 0 Å². The van der Waals surface area contributed by atoms with Crippen LogP contribution in [0.2, 0.25) is 0 Å².